The summed E-state index contributed by atoms with van der Waals surface area (Å²) in [5.41, 5.74) is 1.63. The van der Waals surface area contributed by atoms with Crippen LogP contribution in [0.5, 0.6) is 0 Å². The van der Waals surface area contributed by atoms with Crippen molar-refractivity contribution < 1.29 is 13.9 Å². The quantitative estimate of drug-likeness (QED) is 0.449. The van der Waals surface area contributed by atoms with Crippen LogP contribution in [0.3, 0.4) is 0 Å². The SMILES string of the molecule is CC(=O)OCC#CI.Clc1cc2ccc1o2. The highest BCUT2D eigenvalue weighted by Crippen LogP contribution is 2.25. The lowest BCUT2D eigenvalue weighted by Crippen LogP contribution is -1.97. The fraction of sp³-hybridized carbons (Fsp3) is 0.182. The summed E-state index contributed by atoms with van der Waals surface area (Å²) >= 11 is 7.52. The maximum atomic E-state index is 10.0. The van der Waals surface area contributed by atoms with Crippen LogP contribution in [0.15, 0.2) is 22.6 Å². The molecule has 2 rings (SSSR count). The third-order valence-electron chi connectivity index (χ3n) is 1.55. The van der Waals surface area contributed by atoms with Crippen LogP contribution in [0.2, 0.25) is 5.02 Å². The van der Waals surface area contributed by atoms with Gasteiger partial charge in [-0.1, -0.05) is 17.5 Å². The molecule has 0 aromatic carbocycles. The van der Waals surface area contributed by atoms with Crippen molar-refractivity contribution in [1.29, 1.82) is 0 Å². The maximum Gasteiger partial charge on any atom is 0.303 e. The molecule has 0 N–H and O–H groups in total. The summed E-state index contributed by atoms with van der Waals surface area (Å²) in [5.74, 6) is 2.29. The molecule has 0 aliphatic carbocycles. The van der Waals surface area contributed by atoms with Crippen molar-refractivity contribution in [2.45, 2.75) is 6.92 Å². The lowest BCUT2D eigenvalue weighted by atomic mass is 10.4. The molecule has 2 aromatic heterocycles. The fourth-order valence-corrected chi connectivity index (χ4v) is 1.28. The third-order valence-corrected chi connectivity index (χ3v) is 2.22. The minimum absolute atomic E-state index is 0.207. The van der Waals surface area contributed by atoms with E-state index in [0.717, 1.165) is 11.2 Å². The van der Waals surface area contributed by atoms with E-state index in [2.05, 4.69) is 14.6 Å². The highest BCUT2D eigenvalue weighted by atomic mass is 127. The number of rotatable bonds is 1. The van der Waals surface area contributed by atoms with Crippen LogP contribution in [0.4, 0.5) is 0 Å². The number of hydrogen-bond acceptors (Lipinski definition) is 3. The molecule has 84 valence electrons. The molecule has 0 amide bonds. The van der Waals surface area contributed by atoms with Crippen LogP contribution in [-0.4, -0.2) is 12.6 Å². The van der Waals surface area contributed by atoms with Gasteiger partial charge in [0.05, 0.1) is 5.02 Å². The Hall–Kier alpha value is -0.930. The van der Waals surface area contributed by atoms with E-state index in [1.807, 2.05) is 34.7 Å². The van der Waals surface area contributed by atoms with E-state index >= 15 is 0 Å². The smallest absolute Gasteiger partial charge is 0.303 e. The molecule has 0 aliphatic rings. The number of fused-ring (bicyclic) bond motifs is 2. The van der Waals surface area contributed by atoms with Gasteiger partial charge in [0.2, 0.25) is 0 Å². The Bertz CT molecular complexity index is 509. The summed E-state index contributed by atoms with van der Waals surface area (Å²) < 4.78 is 12.1. The summed E-state index contributed by atoms with van der Waals surface area (Å²) in [6.07, 6.45) is 0. The first-order valence-electron chi connectivity index (χ1n) is 4.32. The molecular weight excluding hydrogens is 342 g/mol. The van der Waals surface area contributed by atoms with Gasteiger partial charge in [0.1, 0.15) is 11.2 Å². The standard InChI is InChI=1S/C6H3ClO.C5H5IO2/c7-5-3-4-1-2-6(5)8-4;1-5(7)8-4-2-3-6/h1-3H;4H2,1H3. The van der Waals surface area contributed by atoms with Crippen molar-refractivity contribution in [2.75, 3.05) is 6.61 Å². The molecule has 0 saturated heterocycles. The fourth-order valence-electron chi connectivity index (χ4n) is 0.920. The van der Waals surface area contributed by atoms with E-state index in [0.29, 0.717) is 5.02 Å². The molecule has 0 saturated carbocycles. The van der Waals surface area contributed by atoms with Gasteiger partial charge in [0.25, 0.3) is 0 Å². The first-order chi connectivity index (χ1) is 7.63. The number of esters is 1. The van der Waals surface area contributed by atoms with Gasteiger partial charge in [-0.25, -0.2) is 0 Å². The normalized spacial score (nSPS) is 8.94. The van der Waals surface area contributed by atoms with Crippen LogP contribution in [0, 0.1) is 9.85 Å². The number of halogens is 2. The minimum atomic E-state index is -0.288. The average molecular weight is 351 g/mol. The van der Waals surface area contributed by atoms with E-state index in [1.54, 1.807) is 6.07 Å². The molecule has 2 aromatic rings. The topological polar surface area (TPSA) is 39.4 Å². The van der Waals surface area contributed by atoms with Crippen molar-refractivity contribution in [3.63, 3.8) is 0 Å². The average Bonchev–Trinajstić information content (AvgIpc) is 2.79. The first-order valence-corrected chi connectivity index (χ1v) is 5.78. The van der Waals surface area contributed by atoms with Gasteiger partial charge in [-0.2, -0.15) is 0 Å². The van der Waals surface area contributed by atoms with Gasteiger partial charge in [0, 0.05) is 35.6 Å². The van der Waals surface area contributed by atoms with Crippen LogP contribution < -0.4 is 0 Å². The molecule has 5 heteroatoms. The number of hydrogen-bond donors (Lipinski definition) is 0. The van der Waals surface area contributed by atoms with Crippen molar-refractivity contribution in [1.82, 2.24) is 0 Å². The molecule has 0 unspecified atom stereocenters. The van der Waals surface area contributed by atoms with Gasteiger partial charge < -0.3 is 9.15 Å². The Morgan fingerprint density at radius 3 is 2.69 bits per heavy atom. The van der Waals surface area contributed by atoms with Crippen LogP contribution >= 0.6 is 34.2 Å². The highest BCUT2D eigenvalue weighted by Gasteiger charge is 2.01. The zero-order chi connectivity index (χ0) is 12.0. The van der Waals surface area contributed by atoms with E-state index in [4.69, 9.17) is 16.0 Å². The summed E-state index contributed by atoms with van der Waals surface area (Å²) in [6, 6.07) is 5.55. The molecule has 2 heterocycles. The Labute approximate surface area is 112 Å². The molecule has 3 nitrogen and oxygen atoms in total. The lowest BCUT2D eigenvalue weighted by molar-refractivity contribution is -0.139. The second-order valence-electron chi connectivity index (χ2n) is 2.75. The highest BCUT2D eigenvalue weighted by molar-refractivity contribution is 14.1. The summed E-state index contributed by atoms with van der Waals surface area (Å²) in [5, 5.41) is 0.711. The Kier molecular flexibility index (Phi) is 5.43. The van der Waals surface area contributed by atoms with Crippen molar-refractivity contribution >= 4 is 51.3 Å². The predicted molar refractivity (Wildman–Crippen MR) is 70.8 cm³/mol. The Morgan fingerprint density at radius 1 is 1.62 bits per heavy atom. The first kappa shape index (κ1) is 13.1. The van der Waals surface area contributed by atoms with Crippen LogP contribution in [0.1, 0.15) is 6.92 Å². The number of furan rings is 2. The Morgan fingerprint density at radius 2 is 2.38 bits per heavy atom. The van der Waals surface area contributed by atoms with Crippen molar-refractivity contribution in [2.24, 2.45) is 0 Å². The number of carbonyl (C=O) groups excluding carboxylic acids is 1. The molecule has 0 spiro atoms. The number of carbonyl (C=O) groups is 1. The molecule has 16 heavy (non-hydrogen) atoms. The summed E-state index contributed by atoms with van der Waals surface area (Å²) in [7, 11) is 0. The number of benzene rings is 1. The lowest BCUT2D eigenvalue weighted by Gasteiger charge is -1.89. The van der Waals surface area contributed by atoms with Crippen molar-refractivity contribution in [3.8, 4) is 9.85 Å². The van der Waals surface area contributed by atoms with Gasteiger partial charge >= 0.3 is 5.97 Å². The summed E-state index contributed by atoms with van der Waals surface area (Å²) in [4.78, 5) is 10.0. The zero-order valence-corrected chi connectivity index (χ0v) is 11.3. The third kappa shape index (κ3) is 4.29. The van der Waals surface area contributed by atoms with Gasteiger partial charge in [-0.3, -0.25) is 4.79 Å². The van der Waals surface area contributed by atoms with E-state index in [-0.39, 0.29) is 12.6 Å². The van der Waals surface area contributed by atoms with Gasteiger partial charge in [-0.05, 0) is 16.1 Å². The zero-order valence-electron chi connectivity index (χ0n) is 8.42. The molecule has 0 atom stereocenters. The van der Waals surface area contributed by atoms with Gasteiger partial charge in [0.15, 0.2) is 6.61 Å². The molecule has 0 fully saturated rings. The van der Waals surface area contributed by atoms with E-state index < -0.39 is 0 Å². The maximum absolute atomic E-state index is 10.0. The van der Waals surface area contributed by atoms with E-state index in [9.17, 15) is 4.79 Å². The largest absolute Gasteiger partial charge is 0.456 e. The Balaban J connectivity index is 0.000000160. The molecule has 0 aliphatic heterocycles. The van der Waals surface area contributed by atoms with Gasteiger partial charge in [-0.15, -0.1) is 0 Å². The van der Waals surface area contributed by atoms with Crippen molar-refractivity contribution in [3.05, 3.63) is 23.2 Å². The predicted octanol–water partition coefficient (Wildman–Crippen LogP) is 3.47. The molecule has 0 radical (unpaired) electrons. The van der Waals surface area contributed by atoms with Crippen LogP contribution in [-0.2, 0) is 9.53 Å². The summed E-state index contributed by atoms with van der Waals surface area (Å²) in [6.45, 7) is 1.56. The number of ether oxygens (including phenoxy) is 1. The molecule has 2 bridgehead atoms. The van der Waals surface area contributed by atoms with Crippen LogP contribution in [0.25, 0.3) is 11.2 Å². The second kappa shape index (κ2) is 6.61. The van der Waals surface area contributed by atoms with E-state index in [1.165, 1.54) is 6.92 Å². The molecular formula is C11H8ClIO3. The monoisotopic (exact) mass is 350 g/mol. The minimum Gasteiger partial charge on any atom is -0.456 e. The second-order valence-corrected chi connectivity index (χ2v) is 3.69.